The van der Waals surface area contributed by atoms with Gasteiger partial charge in [-0.3, -0.25) is 19.3 Å². The van der Waals surface area contributed by atoms with Gasteiger partial charge < -0.3 is 10.2 Å². The largest absolute Gasteiger partial charge is 0.359 e. The summed E-state index contributed by atoms with van der Waals surface area (Å²) < 4.78 is 0. The molecule has 160 valence electrons. The molecule has 2 aliphatic rings. The van der Waals surface area contributed by atoms with E-state index in [2.05, 4.69) is 23.2 Å². The molecule has 0 aromatic heterocycles. The van der Waals surface area contributed by atoms with Crippen LogP contribution in [0.3, 0.4) is 0 Å². The maximum absolute atomic E-state index is 12.6. The smallest absolute Gasteiger partial charge is 0.293 e. The molecule has 0 radical (unpaired) electrons. The number of anilines is 1. The highest BCUT2D eigenvalue weighted by Crippen LogP contribution is 2.33. The molecule has 2 aromatic rings. The SMILES string of the molecule is C[C@H]1Cc2ccccc2N1CC(=O)NCCN1C(=O)S/C(=C/c2ccccc2Cl)C1=O. The number of rotatable bonds is 6. The van der Waals surface area contributed by atoms with Crippen molar-refractivity contribution in [3.63, 3.8) is 0 Å². The Morgan fingerprint density at radius 3 is 2.74 bits per heavy atom. The number of thioether (sulfide) groups is 1. The molecule has 31 heavy (non-hydrogen) atoms. The first-order valence-corrected chi connectivity index (χ1v) is 11.2. The van der Waals surface area contributed by atoms with E-state index in [1.807, 2.05) is 24.3 Å². The molecule has 0 aliphatic carbocycles. The Bertz CT molecular complexity index is 1070. The molecule has 0 unspecified atom stereocenters. The fraction of sp³-hybridized carbons (Fsp3) is 0.261. The van der Waals surface area contributed by atoms with E-state index in [4.69, 9.17) is 11.6 Å². The fourth-order valence-corrected chi connectivity index (χ4v) is 4.86. The first-order chi connectivity index (χ1) is 14.9. The van der Waals surface area contributed by atoms with Crippen molar-refractivity contribution in [2.24, 2.45) is 0 Å². The lowest BCUT2D eigenvalue weighted by molar-refractivity contribution is -0.124. The molecular formula is C23H22ClN3O3S. The molecule has 2 aliphatic heterocycles. The zero-order valence-corrected chi connectivity index (χ0v) is 18.6. The molecule has 0 bridgehead atoms. The number of hydrogen-bond donors (Lipinski definition) is 1. The van der Waals surface area contributed by atoms with Crippen molar-refractivity contribution in [3.8, 4) is 0 Å². The summed E-state index contributed by atoms with van der Waals surface area (Å²) in [5, 5.41) is 2.99. The lowest BCUT2D eigenvalue weighted by Gasteiger charge is -2.24. The monoisotopic (exact) mass is 455 g/mol. The average Bonchev–Trinajstić information content (AvgIpc) is 3.20. The van der Waals surface area contributed by atoms with Gasteiger partial charge in [0.15, 0.2) is 0 Å². The van der Waals surface area contributed by atoms with Crippen LogP contribution in [0.5, 0.6) is 0 Å². The molecule has 1 saturated heterocycles. The molecule has 8 heteroatoms. The molecule has 2 heterocycles. The zero-order valence-electron chi connectivity index (χ0n) is 17.0. The topological polar surface area (TPSA) is 69.7 Å². The lowest BCUT2D eigenvalue weighted by Crippen LogP contribution is -2.43. The van der Waals surface area contributed by atoms with Crippen LogP contribution in [0, 0.1) is 0 Å². The van der Waals surface area contributed by atoms with Gasteiger partial charge in [0.05, 0.1) is 11.4 Å². The van der Waals surface area contributed by atoms with Crippen LogP contribution in [0.2, 0.25) is 5.02 Å². The molecule has 2 aromatic carbocycles. The van der Waals surface area contributed by atoms with Crippen molar-refractivity contribution in [2.75, 3.05) is 24.5 Å². The van der Waals surface area contributed by atoms with Gasteiger partial charge in [-0.25, -0.2) is 0 Å². The highest BCUT2D eigenvalue weighted by molar-refractivity contribution is 8.18. The third-order valence-electron chi connectivity index (χ3n) is 5.39. The van der Waals surface area contributed by atoms with Crippen LogP contribution in [0.15, 0.2) is 53.4 Å². The normalized spacial score (nSPS) is 19.3. The summed E-state index contributed by atoms with van der Waals surface area (Å²) in [6.45, 7) is 2.67. The number of para-hydroxylation sites is 1. The van der Waals surface area contributed by atoms with E-state index in [9.17, 15) is 14.4 Å². The molecule has 1 N–H and O–H groups in total. The highest BCUT2D eigenvalue weighted by atomic mass is 35.5. The fourth-order valence-electron chi connectivity index (χ4n) is 3.81. The van der Waals surface area contributed by atoms with E-state index < -0.39 is 0 Å². The minimum atomic E-state index is -0.369. The second-order valence-electron chi connectivity index (χ2n) is 7.51. The van der Waals surface area contributed by atoms with Crippen molar-refractivity contribution in [1.29, 1.82) is 0 Å². The molecule has 3 amide bonds. The third kappa shape index (κ3) is 4.62. The molecule has 1 fully saturated rings. The zero-order chi connectivity index (χ0) is 22.0. The van der Waals surface area contributed by atoms with Gasteiger partial charge in [-0.2, -0.15) is 0 Å². The maximum atomic E-state index is 12.6. The van der Waals surface area contributed by atoms with Gasteiger partial charge in [0.25, 0.3) is 11.1 Å². The summed E-state index contributed by atoms with van der Waals surface area (Å²) in [5.74, 6) is -0.506. The van der Waals surface area contributed by atoms with E-state index in [1.54, 1.807) is 24.3 Å². The Morgan fingerprint density at radius 1 is 1.19 bits per heavy atom. The van der Waals surface area contributed by atoms with E-state index in [0.29, 0.717) is 15.5 Å². The first kappa shape index (κ1) is 21.5. The average molecular weight is 456 g/mol. The number of nitrogens with one attached hydrogen (secondary N) is 1. The van der Waals surface area contributed by atoms with Crippen LogP contribution in [-0.4, -0.2) is 47.6 Å². The van der Waals surface area contributed by atoms with Crippen LogP contribution in [-0.2, 0) is 16.0 Å². The van der Waals surface area contributed by atoms with Crippen LogP contribution >= 0.6 is 23.4 Å². The Labute approximate surface area is 190 Å². The van der Waals surface area contributed by atoms with Crippen LogP contribution < -0.4 is 10.2 Å². The van der Waals surface area contributed by atoms with Gasteiger partial charge in [-0.1, -0.05) is 48.0 Å². The van der Waals surface area contributed by atoms with E-state index >= 15 is 0 Å². The Kier molecular flexibility index (Phi) is 6.34. The number of fused-ring (bicyclic) bond motifs is 1. The Balaban J connectivity index is 1.32. The maximum Gasteiger partial charge on any atom is 0.293 e. The number of imide groups is 1. The van der Waals surface area contributed by atoms with Crippen LogP contribution in [0.25, 0.3) is 6.08 Å². The molecule has 0 spiro atoms. The molecule has 1 atom stereocenters. The highest BCUT2D eigenvalue weighted by Gasteiger charge is 2.35. The summed E-state index contributed by atoms with van der Waals surface area (Å²) >= 11 is 7.02. The van der Waals surface area contributed by atoms with Gasteiger partial charge in [0.1, 0.15) is 0 Å². The number of carbonyl (C=O) groups excluding carboxylic acids is 3. The summed E-state index contributed by atoms with van der Waals surface area (Å²) in [6.07, 6.45) is 2.54. The van der Waals surface area contributed by atoms with Gasteiger partial charge in [0, 0.05) is 29.8 Å². The number of hydrogen-bond acceptors (Lipinski definition) is 5. The van der Waals surface area contributed by atoms with Gasteiger partial charge in [-0.15, -0.1) is 0 Å². The number of carbonyl (C=O) groups is 3. The van der Waals surface area contributed by atoms with Gasteiger partial charge >= 0.3 is 0 Å². The first-order valence-electron chi connectivity index (χ1n) is 10.0. The lowest BCUT2D eigenvalue weighted by atomic mass is 10.1. The third-order valence-corrected chi connectivity index (χ3v) is 6.64. The number of nitrogens with zero attached hydrogens (tertiary/aromatic N) is 2. The molecular weight excluding hydrogens is 434 g/mol. The van der Waals surface area contributed by atoms with Gasteiger partial charge in [0.2, 0.25) is 5.91 Å². The Hall–Kier alpha value is -2.77. The van der Waals surface area contributed by atoms with Crippen molar-refractivity contribution in [3.05, 3.63) is 69.6 Å². The number of amides is 3. The van der Waals surface area contributed by atoms with Gasteiger partial charge in [-0.05, 0) is 54.4 Å². The predicted molar refractivity (Wildman–Crippen MR) is 124 cm³/mol. The van der Waals surface area contributed by atoms with E-state index in [0.717, 1.165) is 28.8 Å². The van der Waals surface area contributed by atoms with Crippen molar-refractivity contribution < 1.29 is 14.4 Å². The molecule has 0 saturated carbocycles. The molecule has 4 rings (SSSR count). The Morgan fingerprint density at radius 2 is 1.94 bits per heavy atom. The minimum absolute atomic E-state index is 0.127. The summed E-state index contributed by atoms with van der Waals surface area (Å²) in [7, 11) is 0. The number of halogens is 1. The van der Waals surface area contributed by atoms with Crippen molar-refractivity contribution in [2.45, 2.75) is 19.4 Å². The van der Waals surface area contributed by atoms with E-state index in [1.165, 1.54) is 5.56 Å². The standard InChI is InChI=1S/C23H22ClN3O3S/c1-15-12-17-7-3-5-9-19(17)27(15)14-21(28)25-10-11-26-22(29)20(31-23(26)30)13-16-6-2-4-8-18(16)24/h2-9,13,15H,10-12,14H2,1H3,(H,25,28)/b20-13+/t15-/m0/s1. The van der Waals surface area contributed by atoms with Crippen LogP contribution in [0.1, 0.15) is 18.1 Å². The summed E-state index contributed by atoms with van der Waals surface area (Å²) in [5.41, 5.74) is 3.01. The summed E-state index contributed by atoms with van der Waals surface area (Å²) in [4.78, 5) is 40.9. The van der Waals surface area contributed by atoms with Crippen molar-refractivity contribution >= 4 is 52.2 Å². The van der Waals surface area contributed by atoms with Crippen LogP contribution in [0.4, 0.5) is 10.5 Å². The second-order valence-corrected chi connectivity index (χ2v) is 8.91. The predicted octanol–water partition coefficient (Wildman–Crippen LogP) is 3.94. The minimum Gasteiger partial charge on any atom is -0.359 e. The van der Waals surface area contributed by atoms with Crippen molar-refractivity contribution in [1.82, 2.24) is 10.2 Å². The van der Waals surface area contributed by atoms with E-state index in [-0.39, 0.29) is 42.7 Å². The second kappa shape index (κ2) is 9.16. The quantitative estimate of drug-likeness (QED) is 0.668. The summed E-state index contributed by atoms with van der Waals surface area (Å²) in [6, 6.07) is 15.5. The molecule has 6 nitrogen and oxygen atoms in total. The number of benzene rings is 2.